The van der Waals surface area contributed by atoms with Crippen LogP contribution in [-0.4, -0.2) is 21.4 Å². The van der Waals surface area contributed by atoms with Gasteiger partial charge >= 0.3 is 0 Å². The lowest BCUT2D eigenvalue weighted by Gasteiger charge is -2.44. The molecule has 0 unspecified atom stereocenters. The van der Waals surface area contributed by atoms with Gasteiger partial charge in [0.1, 0.15) is 11.2 Å². The van der Waals surface area contributed by atoms with E-state index in [4.69, 9.17) is 0 Å². The van der Waals surface area contributed by atoms with Gasteiger partial charge in [0.25, 0.3) is 0 Å². The first-order chi connectivity index (χ1) is 10.8. The van der Waals surface area contributed by atoms with Crippen molar-refractivity contribution in [1.29, 1.82) is 0 Å². The van der Waals surface area contributed by atoms with Crippen LogP contribution >= 0.6 is 0 Å². The highest BCUT2D eigenvalue weighted by atomic mass is 16.3. The van der Waals surface area contributed by atoms with Crippen LogP contribution < -0.4 is 0 Å². The third-order valence-corrected chi connectivity index (χ3v) is 10.3. The van der Waals surface area contributed by atoms with E-state index in [1.54, 1.807) is 0 Å². The maximum atomic E-state index is 11.5. The summed E-state index contributed by atoms with van der Waals surface area (Å²) in [6.45, 7) is 13.6. The minimum Gasteiger partial charge on any atom is -0.377 e. The summed E-state index contributed by atoms with van der Waals surface area (Å²) in [5, 5.41) is 22.9. The normalized spacial score (nSPS) is 56.3. The minimum atomic E-state index is -0.947. The highest BCUT2D eigenvalue weighted by molar-refractivity contribution is 5.36. The Morgan fingerprint density at radius 1 is 0.667 bits per heavy atom. The van der Waals surface area contributed by atoms with Crippen LogP contribution in [-0.2, 0) is 0 Å². The number of hydrogen-bond donors (Lipinski definition) is 2. The van der Waals surface area contributed by atoms with E-state index in [0.717, 1.165) is 25.7 Å². The molecular formula is C22H34O2. The predicted molar refractivity (Wildman–Crippen MR) is 96.1 cm³/mol. The number of aliphatic hydroxyl groups is 2. The monoisotopic (exact) mass is 330 g/mol. The second-order valence-electron chi connectivity index (χ2n) is 11.0. The van der Waals surface area contributed by atoms with Gasteiger partial charge in [-0.25, -0.2) is 0 Å². The van der Waals surface area contributed by atoms with E-state index in [1.807, 2.05) is 0 Å². The summed E-state index contributed by atoms with van der Waals surface area (Å²) >= 11 is 0. The lowest BCUT2D eigenvalue weighted by atomic mass is 9.63. The number of rotatable bonds is 0. The molecule has 4 aliphatic carbocycles. The number of hydrogen-bond acceptors (Lipinski definition) is 2. The summed E-state index contributed by atoms with van der Waals surface area (Å²) in [4.78, 5) is 0. The van der Waals surface area contributed by atoms with E-state index in [-0.39, 0.29) is 21.7 Å². The largest absolute Gasteiger partial charge is 0.377 e. The molecule has 2 N–H and O–H groups in total. The summed E-state index contributed by atoms with van der Waals surface area (Å²) in [6, 6.07) is 0. The third kappa shape index (κ3) is 1.54. The van der Waals surface area contributed by atoms with Crippen LogP contribution in [0.25, 0.3) is 0 Å². The molecule has 0 aliphatic heterocycles. The molecule has 4 rings (SSSR count). The van der Waals surface area contributed by atoms with Crippen molar-refractivity contribution in [3.05, 3.63) is 0 Å². The first-order valence-corrected chi connectivity index (χ1v) is 9.82. The van der Waals surface area contributed by atoms with Crippen molar-refractivity contribution in [3.63, 3.8) is 0 Å². The Balaban J connectivity index is 1.72. The average molecular weight is 331 g/mol. The van der Waals surface area contributed by atoms with E-state index in [0.29, 0.717) is 11.8 Å². The molecule has 4 saturated carbocycles. The van der Waals surface area contributed by atoms with Gasteiger partial charge in [-0.2, -0.15) is 0 Å². The molecule has 24 heavy (non-hydrogen) atoms. The fraction of sp³-hybridized carbons (Fsp3) is 0.909. The van der Waals surface area contributed by atoms with E-state index in [2.05, 4.69) is 53.4 Å². The molecule has 4 fully saturated rings. The summed E-state index contributed by atoms with van der Waals surface area (Å²) in [6.07, 6.45) is 6.01. The van der Waals surface area contributed by atoms with Crippen LogP contribution in [0.1, 0.15) is 80.1 Å². The average Bonchev–Trinajstić information content (AvgIpc) is 2.96. The molecule has 4 aliphatic rings. The molecule has 134 valence electrons. The highest BCUT2D eigenvalue weighted by Crippen LogP contribution is 2.71. The van der Waals surface area contributed by atoms with Gasteiger partial charge in [-0.05, 0) is 61.2 Å². The second-order valence-corrected chi connectivity index (χ2v) is 11.0. The maximum absolute atomic E-state index is 11.5. The Hall–Kier alpha value is -0.520. The van der Waals surface area contributed by atoms with Crippen molar-refractivity contribution in [2.75, 3.05) is 0 Å². The van der Waals surface area contributed by atoms with Gasteiger partial charge in [-0.3, -0.25) is 0 Å². The van der Waals surface area contributed by atoms with Gasteiger partial charge in [-0.1, -0.05) is 53.4 Å². The fourth-order valence-corrected chi connectivity index (χ4v) is 7.14. The van der Waals surface area contributed by atoms with Crippen LogP contribution in [0, 0.1) is 45.3 Å². The highest BCUT2D eigenvalue weighted by Gasteiger charge is 2.70. The zero-order valence-electron chi connectivity index (χ0n) is 16.3. The van der Waals surface area contributed by atoms with Gasteiger partial charge in [0.2, 0.25) is 0 Å². The molecule has 2 nitrogen and oxygen atoms in total. The maximum Gasteiger partial charge on any atom is 0.131 e. The Morgan fingerprint density at radius 3 is 1.21 bits per heavy atom. The minimum absolute atomic E-state index is 0.122. The molecule has 4 bridgehead atoms. The van der Waals surface area contributed by atoms with Crippen LogP contribution in [0.2, 0.25) is 0 Å². The smallest absolute Gasteiger partial charge is 0.131 e. The van der Waals surface area contributed by atoms with Crippen molar-refractivity contribution in [1.82, 2.24) is 0 Å². The van der Waals surface area contributed by atoms with Gasteiger partial charge in [0.15, 0.2) is 0 Å². The first kappa shape index (κ1) is 16.9. The fourth-order valence-electron chi connectivity index (χ4n) is 7.14. The first-order valence-electron chi connectivity index (χ1n) is 9.82. The van der Waals surface area contributed by atoms with Crippen molar-refractivity contribution >= 4 is 0 Å². The standard InChI is InChI=1S/C22H34O2/c1-17(2)15-7-9-19(17,5)21(23,13-15)11-12-22(24)14-16-8-10-20(22,6)18(16,3)4/h15-16,23-24H,7-10,13-14H2,1-6H3/t15-,16-,19-,20-,21-,22-/m1/s1. The molecule has 0 spiro atoms. The van der Waals surface area contributed by atoms with Crippen molar-refractivity contribution in [2.45, 2.75) is 91.3 Å². The summed E-state index contributed by atoms with van der Waals surface area (Å²) in [5.41, 5.74) is -1.98. The molecule has 6 atom stereocenters. The quantitative estimate of drug-likeness (QED) is 0.655. The van der Waals surface area contributed by atoms with Crippen LogP contribution in [0.4, 0.5) is 0 Å². The van der Waals surface area contributed by atoms with Crippen LogP contribution in [0.3, 0.4) is 0 Å². The van der Waals surface area contributed by atoms with Crippen molar-refractivity contribution in [3.8, 4) is 11.8 Å². The molecule has 0 aromatic rings. The molecule has 0 heterocycles. The summed E-state index contributed by atoms with van der Waals surface area (Å²) in [5.74, 6) is 7.63. The zero-order chi connectivity index (χ0) is 17.8. The SMILES string of the molecule is CC1(C)[C@@H]2CC[C@@]1(C)[C@@](O)(C#C[C@@]1(O)C[C@H]3CC[C@]1(C)C3(C)C)C2. The Labute approximate surface area is 147 Å². The van der Waals surface area contributed by atoms with Gasteiger partial charge in [0.05, 0.1) is 0 Å². The topological polar surface area (TPSA) is 40.5 Å². The van der Waals surface area contributed by atoms with Gasteiger partial charge in [0, 0.05) is 10.8 Å². The second kappa shape index (κ2) is 4.24. The Kier molecular flexibility index (Phi) is 2.99. The summed E-state index contributed by atoms with van der Waals surface area (Å²) in [7, 11) is 0. The molecule has 0 amide bonds. The Bertz CT molecular complexity index is 599. The zero-order valence-corrected chi connectivity index (χ0v) is 16.3. The van der Waals surface area contributed by atoms with Crippen molar-refractivity contribution < 1.29 is 10.2 Å². The summed E-state index contributed by atoms with van der Waals surface area (Å²) < 4.78 is 0. The molecule has 2 heteroatoms. The van der Waals surface area contributed by atoms with E-state index < -0.39 is 11.2 Å². The molecule has 0 aromatic carbocycles. The van der Waals surface area contributed by atoms with E-state index in [1.165, 1.54) is 12.8 Å². The third-order valence-electron chi connectivity index (χ3n) is 10.3. The predicted octanol–water partition coefficient (Wildman–Crippen LogP) is 4.14. The van der Waals surface area contributed by atoms with E-state index >= 15 is 0 Å². The molecule has 0 radical (unpaired) electrons. The van der Waals surface area contributed by atoms with Crippen molar-refractivity contribution in [2.24, 2.45) is 33.5 Å². The molecule has 0 aromatic heterocycles. The van der Waals surface area contributed by atoms with Crippen LogP contribution in [0.5, 0.6) is 0 Å². The van der Waals surface area contributed by atoms with Gasteiger partial charge < -0.3 is 10.2 Å². The van der Waals surface area contributed by atoms with Crippen LogP contribution in [0.15, 0.2) is 0 Å². The van der Waals surface area contributed by atoms with E-state index in [9.17, 15) is 10.2 Å². The van der Waals surface area contributed by atoms with Gasteiger partial charge in [-0.15, -0.1) is 0 Å². The lowest BCUT2D eigenvalue weighted by Crippen LogP contribution is -2.49. The Morgan fingerprint density at radius 2 is 1.00 bits per heavy atom. The number of fused-ring (bicyclic) bond motifs is 4. The molecule has 0 saturated heterocycles. The lowest BCUT2D eigenvalue weighted by molar-refractivity contribution is -0.0522. The molecular weight excluding hydrogens is 296 g/mol.